The maximum atomic E-state index is 5.03. The van der Waals surface area contributed by atoms with Gasteiger partial charge in [-0.25, -0.2) is 0 Å². The van der Waals surface area contributed by atoms with E-state index in [1.165, 1.54) is 0 Å². The second kappa shape index (κ2) is 3.75. The normalized spacial score (nSPS) is 10.6. The van der Waals surface area contributed by atoms with Gasteiger partial charge in [-0.2, -0.15) is 10.2 Å². The number of aryl methyl sites for hydroxylation is 3. The molecule has 1 N–H and O–H groups in total. The highest BCUT2D eigenvalue weighted by Crippen LogP contribution is 1.98. The van der Waals surface area contributed by atoms with Gasteiger partial charge in [0.25, 0.3) is 0 Å². The molecule has 0 aliphatic heterocycles. The van der Waals surface area contributed by atoms with Gasteiger partial charge in [0.15, 0.2) is 4.77 Å². The summed E-state index contributed by atoms with van der Waals surface area (Å²) in [6, 6.07) is 2.00. The molecule has 0 aliphatic rings. The number of rotatable bonds is 3. The summed E-state index contributed by atoms with van der Waals surface area (Å²) in [6.07, 6.45) is 4.50. The third kappa shape index (κ3) is 1.90. The van der Waals surface area contributed by atoms with Gasteiger partial charge in [-0.3, -0.25) is 9.78 Å². The van der Waals surface area contributed by atoms with Gasteiger partial charge < -0.3 is 4.57 Å². The van der Waals surface area contributed by atoms with Crippen molar-refractivity contribution in [3.05, 3.63) is 29.1 Å². The van der Waals surface area contributed by atoms with Crippen LogP contribution in [0, 0.1) is 4.77 Å². The van der Waals surface area contributed by atoms with Crippen LogP contribution in [0.4, 0.5) is 0 Å². The highest BCUT2D eigenvalue weighted by Gasteiger charge is 1.98. The molecule has 2 aromatic heterocycles. The number of aromatic amines is 1. The van der Waals surface area contributed by atoms with E-state index in [4.69, 9.17) is 12.2 Å². The van der Waals surface area contributed by atoms with Crippen molar-refractivity contribution in [2.75, 3.05) is 0 Å². The monoisotopic (exact) mass is 209 g/mol. The minimum absolute atomic E-state index is 0.654. The van der Waals surface area contributed by atoms with Crippen LogP contribution in [0.1, 0.15) is 5.69 Å². The first kappa shape index (κ1) is 9.14. The van der Waals surface area contributed by atoms with Gasteiger partial charge >= 0.3 is 0 Å². The van der Waals surface area contributed by atoms with E-state index >= 15 is 0 Å². The lowest BCUT2D eigenvalue weighted by atomic mass is 10.3. The Bertz CT molecular complexity index is 466. The first-order valence-electron chi connectivity index (χ1n) is 4.34. The third-order valence-electron chi connectivity index (χ3n) is 2.00. The number of nitrogens with one attached hydrogen (secondary N) is 1. The largest absolute Gasteiger partial charge is 0.306 e. The summed E-state index contributed by atoms with van der Waals surface area (Å²) >= 11 is 5.03. The second-order valence-electron chi connectivity index (χ2n) is 3.09. The zero-order valence-electron chi connectivity index (χ0n) is 7.84. The lowest BCUT2D eigenvalue weighted by Crippen LogP contribution is -2.01. The fraction of sp³-hybridized carbons (Fsp3) is 0.375. The zero-order valence-corrected chi connectivity index (χ0v) is 8.66. The van der Waals surface area contributed by atoms with Crippen LogP contribution in [0.3, 0.4) is 0 Å². The topological polar surface area (TPSA) is 51.4 Å². The van der Waals surface area contributed by atoms with Gasteiger partial charge in [0.2, 0.25) is 0 Å². The minimum atomic E-state index is 0.654. The Labute approximate surface area is 86.4 Å². The van der Waals surface area contributed by atoms with Gasteiger partial charge in [-0.1, -0.05) is 0 Å². The zero-order chi connectivity index (χ0) is 9.97. The molecule has 74 valence electrons. The molecule has 14 heavy (non-hydrogen) atoms. The van der Waals surface area contributed by atoms with Crippen molar-refractivity contribution in [1.82, 2.24) is 24.5 Å². The van der Waals surface area contributed by atoms with E-state index in [2.05, 4.69) is 15.3 Å². The van der Waals surface area contributed by atoms with Crippen molar-refractivity contribution in [3.8, 4) is 0 Å². The summed E-state index contributed by atoms with van der Waals surface area (Å²) in [5, 5.41) is 10.8. The van der Waals surface area contributed by atoms with Crippen molar-refractivity contribution < 1.29 is 0 Å². The van der Waals surface area contributed by atoms with Gasteiger partial charge in [0.05, 0.1) is 5.69 Å². The molecular weight excluding hydrogens is 198 g/mol. The maximum Gasteiger partial charge on any atom is 0.194 e. The average Bonchev–Trinajstić information content (AvgIpc) is 2.72. The first-order valence-corrected chi connectivity index (χ1v) is 4.75. The number of hydrogen-bond acceptors (Lipinski definition) is 3. The molecule has 0 radical (unpaired) electrons. The summed E-state index contributed by atoms with van der Waals surface area (Å²) in [6.45, 7) is 0.812. The molecule has 0 saturated carbocycles. The lowest BCUT2D eigenvalue weighted by Gasteiger charge is -1.97. The van der Waals surface area contributed by atoms with Crippen molar-refractivity contribution in [3.63, 3.8) is 0 Å². The van der Waals surface area contributed by atoms with Crippen molar-refractivity contribution >= 4 is 12.2 Å². The molecule has 2 aromatic rings. The number of aromatic nitrogens is 5. The summed E-state index contributed by atoms with van der Waals surface area (Å²) in [4.78, 5) is 0. The second-order valence-corrected chi connectivity index (χ2v) is 3.47. The molecular formula is C8H11N5S. The molecule has 0 atom stereocenters. The highest BCUT2D eigenvalue weighted by molar-refractivity contribution is 7.71. The summed E-state index contributed by atoms with van der Waals surface area (Å²) in [7, 11) is 1.91. The fourth-order valence-electron chi connectivity index (χ4n) is 1.26. The van der Waals surface area contributed by atoms with Crippen LogP contribution in [0.5, 0.6) is 0 Å². The SMILES string of the molecule is Cn1ccc(CCn2cn[nH]c2=S)n1. The smallest absolute Gasteiger partial charge is 0.194 e. The molecule has 0 saturated heterocycles. The van der Waals surface area contributed by atoms with E-state index in [1.807, 2.05) is 23.9 Å². The Balaban J connectivity index is 2.01. The first-order chi connectivity index (χ1) is 6.75. The van der Waals surface area contributed by atoms with E-state index < -0.39 is 0 Å². The summed E-state index contributed by atoms with van der Waals surface area (Å²) in [5.74, 6) is 0. The highest BCUT2D eigenvalue weighted by atomic mass is 32.1. The van der Waals surface area contributed by atoms with Crippen LogP contribution < -0.4 is 0 Å². The quantitative estimate of drug-likeness (QED) is 0.765. The van der Waals surface area contributed by atoms with E-state index in [0.29, 0.717) is 4.77 Å². The Kier molecular flexibility index (Phi) is 2.45. The van der Waals surface area contributed by atoms with Gasteiger partial charge in [0.1, 0.15) is 6.33 Å². The third-order valence-corrected chi connectivity index (χ3v) is 2.32. The van der Waals surface area contributed by atoms with Crippen LogP contribution in [-0.2, 0) is 20.0 Å². The van der Waals surface area contributed by atoms with Crippen LogP contribution in [0.15, 0.2) is 18.6 Å². The standard InChI is InChI=1S/C8H11N5S/c1-12-4-2-7(11-12)3-5-13-6-9-10-8(13)14/h2,4,6H,3,5H2,1H3,(H,10,14). The van der Waals surface area contributed by atoms with E-state index in [-0.39, 0.29) is 0 Å². The van der Waals surface area contributed by atoms with E-state index in [0.717, 1.165) is 18.7 Å². The summed E-state index contributed by atoms with van der Waals surface area (Å²) in [5.41, 5.74) is 1.07. The predicted octanol–water partition coefficient (Wildman–Crippen LogP) is 0.917. The maximum absolute atomic E-state index is 5.03. The number of H-pyrrole nitrogens is 1. The molecule has 0 fully saturated rings. The molecule has 0 aromatic carbocycles. The Morgan fingerprint density at radius 2 is 2.43 bits per heavy atom. The van der Waals surface area contributed by atoms with Gasteiger partial charge in [-0.15, -0.1) is 0 Å². The molecule has 0 aliphatic carbocycles. The molecule has 2 rings (SSSR count). The average molecular weight is 209 g/mol. The van der Waals surface area contributed by atoms with Gasteiger partial charge in [0, 0.05) is 26.2 Å². The van der Waals surface area contributed by atoms with Gasteiger partial charge in [-0.05, 0) is 18.3 Å². The van der Waals surface area contributed by atoms with Crippen molar-refractivity contribution in [2.45, 2.75) is 13.0 Å². The molecule has 0 unspecified atom stereocenters. The summed E-state index contributed by atoms with van der Waals surface area (Å²) < 4.78 is 4.34. The molecule has 5 nitrogen and oxygen atoms in total. The van der Waals surface area contributed by atoms with Crippen molar-refractivity contribution in [1.29, 1.82) is 0 Å². The van der Waals surface area contributed by atoms with Crippen LogP contribution >= 0.6 is 12.2 Å². The van der Waals surface area contributed by atoms with Crippen LogP contribution in [-0.4, -0.2) is 24.5 Å². The molecule has 0 bridgehead atoms. The number of nitrogens with zero attached hydrogens (tertiary/aromatic N) is 4. The molecule has 0 amide bonds. The minimum Gasteiger partial charge on any atom is -0.306 e. The lowest BCUT2D eigenvalue weighted by molar-refractivity contribution is 0.657. The van der Waals surface area contributed by atoms with E-state index in [9.17, 15) is 0 Å². The van der Waals surface area contributed by atoms with Crippen LogP contribution in [0.25, 0.3) is 0 Å². The predicted molar refractivity (Wildman–Crippen MR) is 54.3 cm³/mol. The van der Waals surface area contributed by atoms with E-state index in [1.54, 1.807) is 11.0 Å². The fourth-order valence-corrected chi connectivity index (χ4v) is 1.45. The Morgan fingerprint density at radius 3 is 3.00 bits per heavy atom. The number of hydrogen-bond donors (Lipinski definition) is 1. The Hall–Kier alpha value is -1.43. The molecule has 6 heteroatoms. The molecule has 0 spiro atoms. The van der Waals surface area contributed by atoms with Crippen LogP contribution in [0.2, 0.25) is 0 Å². The Morgan fingerprint density at radius 1 is 1.57 bits per heavy atom. The van der Waals surface area contributed by atoms with Crippen molar-refractivity contribution in [2.24, 2.45) is 7.05 Å². The molecule has 2 heterocycles.